The normalized spacial score (nSPS) is 12.1. The van der Waals surface area contributed by atoms with Crippen molar-refractivity contribution in [3.63, 3.8) is 0 Å². The molecule has 2 aromatic heterocycles. The zero-order valence-electron chi connectivity index (χ0n) is 13.4. The minimum Gasteiger partial charge on any atom is -0.374 e. The molecule has 2 heterocycles. The second-order valence-electron chi connectivity index (χ2n) is 5.12. The van der Waals surface area contributed by atoms with E-state index in [1.54, 1.807) is 0 Å². The number of aromatic nitrogens is 4. The van der Waals surface area contributed by atoms with Gasteiger partial charge in [-0.05, 0) is 33.3 Å². The van der Waals surface area contributed by atoms with Crippen molar-refractivity contribution in [2.24, 2.45) is 0 Å². The first-order valence-electron chi connectivity index (χ1n) is 7.28. The zero-order chi connectivity index (χ0) is 16.8. The molecule has 0 aliphatic rings. The van der Waals surface area contributed by atoms with Gasteiger partial charge in [-0.2, -0.15) is 0 Å². The van der Waals surface area contributed by atoms with E-state index in [2.05, 4.69) is 25.5 Å². The number of amides is 1. The third kappa shape index (κ3) is 5.76. The zero-order valence-corrected chi connectivity index (χ0v) is 15.0. The second-order valence-corrected chi connectivity index (χ2v) is 7.52. The Morgan fingerprint density at radius 3 is 2.65 bits per heavy atom. The third-order valence-corrected chi connectivity index (χ3v) is 4.74. The highest BCUT2D eigenvalue weighted by molar-refractivity contribution is 8.00. The van der Waals surface area contributed by atoms with Crippen LogP contribution in [0.5, 0.6) is 0 Å². The van der Waals surface area contributed by atoms with E-state index in [-0.39, 0.29) is 11.2 Å². The van der Waals surface area contributed by atoms with Crippen molar-refractivity contribution in [1.29, 1.82) is 0 Å². The fourth-order valence-electron chi connectivity index (χ4n) is 1.92. The van der Waals surface area contributed by atoms with Crippen LogP contribution in [0, 0.1) is 13.8 Å². The minimum atomic E-state index is -0.242. The molecule has 0 aromatic carbocycles. The number of rotatable bonds is 7. The summed E-state index contributed by atoms with van der Waals surface area (Å²) in [5.41, 5.74) is 7.34. The van der Waals surface area contributed by atoms with Crippen molar-refractivity contribution in [2.75, 3.05) is 12.3 Å². The van der Waals surface area contributed by atoms with Gasteiger partial charge in [0.05, 0.1) is 5.25 Å². The molecule has 0 saturated heterocycles. The summed E-state index contributed by atoms with van der Waals surface area (Å²) in [7, 11) is 0. The van der Waals surface area contributed by atoms with Gasteiger partial charge in [-0.15, -0.1) is 10.2 Å². The van der Waals surface area contributed by atoms with Gasteiger partial charge >= 0.3 is 0 Å². The lowest BCUT2D eigenvalue weighted by molar-refractivity contribution is -0.120. The summed E-state index contributed by atoms with van der Waals surface area (Å²) in [4.78, 5) is 20.8. The lowest BCUT2D eigenvalue weighted by Gasteiger charge is -2.11. The Labute approximate surface area is 143 Å². The molecular formula is C14H20N6OS2. The number of anilines is 1. The quantitative estimate of drug-likeness (QED) is 0.444. The molecule has 0 bridgehead atoms. The summed E-state index contributed by atoms with van der Waals surface area (Å²) in [6.45, 7) is 6.29. The van der Waals surface area contributed by atoms with Gasteiger partial charge in [-0.1, -0.05) is 23.1 Å². The van der Waals surface area contributed by atoms with Gasteiger partial charge in [0.1, 0.15) is 5.01 Å². The van der Waals surface area contributed by atoms with E-state index in [1.807, 2.05) is 26.8 Å². The van der Waals surface area contributed by atoms with Crippen LogP contribution >= 0.6 is 23.1 Å². The molecule has 2 rings (SSSR count). The van der Waals surface area contributed by atoms with E-state index >= 15 is 0 Å². The summed E-state index contributed by atoms with van der Waals surface area (Å²) < 4.78 is 0. The van der Waals surface area contributed by atoms with E-state index in [0.717, 1.165) is 29.2 Å². The Morgan fingerprint density at radius 1 is 1.35 bits per heavy atom. The summed E-state index contributed by atoms with van der Waals surface area (Å²) in [6, 6.07) is 1.91. The van der Waals surface area contributed by atoms with Crippen LogP contribution in [0.15, 0.2) is 11.2 Å². The van der Waals surface area contributed by atoms with Gasteiger partial charge in [-0.3, -0.25) is 4.79 Å². The molecule has 0 aliphatic heterocycles. The molecule has 124 valence electrons. The highest BCUT2D eigenvalue weighted by Gasteiger charge is 2.16. The predicted octanol–water partition coefficient (Wildman–Crippen LogP) is 1.76. The number of hydrogen-bond acceptors (Lipinski definition) is 8. The number of nitrogens with one attached hydrogen (secondary N) is 1. The molecule has 1 amide bonds. The molecule has 0 aliphatic carbocycles. The Bertz CT molecular complexity index is 655. The van der Waals surface area contributed by atoms with E-state index in [0.29, 0.717) is 16.8 Å². The fourth-order valence-corrected chi connectivity index (χ4v) is 3.47. The summed E-state index contributed by atoms with van der Waals surface area (Å²) >= 11 is 2.75. The fraction of sp³-hybridized carbons (Fsp3) is 0.500. The van der Waals surface area contributed by atoms with Gasteiger partial charge in [0, 0.05) is 24.4 Å². The summed E-state index contributed by atoms with van der Waals surface area (Å²) in [5.74, 6) is -0.0189. The van der Waals surface area contributed by atoms with Crippen LogP contribution in [0.3, 0.4) is 0 Å². The van der Waals surface area contributed by atoms with Crippen molar-refractivity contribution in [2.45, 2.75) is 44.0 Å². The largest absolute Gasteiger partial charge is 0.374 e. The van der Waals surface area contributed by atoms with E-state index in [1.165, 1.54) is 23.1 Å². The molecule has 23 heavy (non-hydrogen) atoms. The van der Waals surface area contributed by atoms with E-state index < -0.39 is 0 Å². The molecule has 0 spiro atoms. The average molecular weight is 352 g/mol. The number of aryl methyl sites for hydroxylation is 3. The summed E-state index contributed by atoms with van der Waals surface area (Å²) in [6.07, 6.45) is 1.56. The average Bonchev–Trinajstić information content (AvgIpc) is 2.87. The van der Waals surface area contributed by atoms with Gasteiger partial charge in [0.2, 0.25) is 11.0 Å². The maximum Gasteiger partial charge on any atom is 0.233 e. The first kappa shape index (κ1) is 17.6. The van der Waals surface area contributed by atoms with Gasteiger partial charge < -0.3 is 11.1 Å². The molecule has 2 aromatic rings. The SMILES string of the molecule is Cc1cc(C)nc(S[C@@H](C)C(=O)NCCCc2nnc(N)s2)n1. The minimum absolute atomic E-state index is 0.0189. The molecule has 0 fully saturated rings. The Kier molecular flexibility index (Phi) is 6.28. The topological polar surface area (TPSA) is 107 Å². The monoisotopic (exact) mass is 352 g/mol. The third-order valence-electron chi connectivity index (χ3n) is 2.96. The number of thioether (sulfide) groups is 1. The Morgan fingerprint density at radius 2 is 2.04 bits per heavy atom. The van der Waals surface area contributed by atoms with Crippen LogP contribution in [-0.2, 0) is 11.2 Å². The standard InChI is InChI=1S/C14H20N6OS2/c1-8-7-9(2)18-14(17-8)22-10(3)12(21)16-6-4-5-11-19-20-13(15)23-11/h7,10H,4-6H2,1-3H3,(H2,15,20)(H,16,21)/t10-/m0/s1. The lowest BCUT2D eigenvalue weighted by Crippen LogP contribution is -2.32. The predicted molar refractivity (Wildman–Crippen MR) is 92.5 cm³/mol. The first-order chi connectivity index (χ1) is 10.9. The number of nitrogens with two attached hydrogens (primary N) is 1. The molecule has 0 unspecified atom stereocenters. The maximum absolute atomic E-state index is 12.1. The van der Waals surface area contributed by atoms with Gasteiger partial charge in [0.15, 0.2) is 5.16 Å². The molecule has 1 atom stereocenters. The van der Waals surface area contributed by atoms with Gasteiger partial charge in [-0.25, -0.2) is 9.97 Å². The van der Waals surface area contributed by atoms with Crippen molar-refractivity contribution in [3.05, 3.63) is 22.5 Å². The number of nitrogens with zero attached hydrogens (tertiary/aromatic N) is 4. The Hall–Kier alpha value is -1.74. The van der Waals surface area contributed by atoms with E-state index in [4.69, 9.17) is 5.73 Å². The van der Waals surface area contributed by atoms with Crippen LogP contribution in [0.2, 0.25) is 0 Å². The lowest BCUT2D eigenvalue weighted by atomic mass is 10.3. The van der Waals surface area contributed by atoms with Crippen molar-refractivity contribution < 1.29 is 4.79 Å². The van der Waals surface area contributed by atoms with Crippen LogP contribution < -0.4 is 11.1 Å². The first-order valence-corrected chi connectivity index (χ1v) is 8.98. The number of hydrogen-bond donors (Lipinski definition) is 2. The van der Waals surface area contributed by atoms with E-state index in [9.17, 15) is 4.79 Å². The molecular weight excluding hydrogens is 332 g/mol. The highest BCUT2D eigenvalue weighted by Crippen LogP contribution is 2.20. The van der Waals surface area contributed by atoms with Crippen molar-refractivity contribution in [1.82, 2.24) is 25.5 Å². The van der Waals surface area contributed by atoms with Crippen molar-refractivity contribution >= 4 is 34.1 Å². The molecule has 0 radical (unpaired) electrons. The number of nitrogen functional groups attached to an aromatic ring is 1. The molecule has 0 saturated carbocycles. The highest BCUT2D eigenvalue weighted by atomic mass is 32.2. The smallest absolute Gasteiger partial charge is 0.233 e. The molecule has 9 heteroatoms. The molecule has 3 N–H and O–H groups in total. The summed E-state index contributed by atoms with van der Waals surface area (Å²) in [5, 5.41) is 12.4. The van der Waals surface area contributed by atoms with Crippen LogP contribution in [0.1, 0.15) is 29.7 Å². The maximum atomic E-state index is 12.1. The van der Waals surface area contributed by atoms with Crippen LogP contribution in [-0.4, -0.2) is 37.9 Å². The van der Waals surface area contributed by atoms with Crippen molar-refractivity contribution in [3.8, 4) is 0 Å². The van der Waals surface area contributed by atoms with Crippen LogP contribution in [0.25, 0.3) is 0 Å². The van der Waals surface area contributed by atoms with Gasteiger partial charge in [0.25, 0.3) is 0 Å². The Balaban J connectivity index is 1.74. The molecule has 7 nitrogen and oxygen atoms in total. The second kappa shape index (κ2) is 8.21. The number of carbonyl (C=O) groups excluding carboxylic acids is 1. The van der Waals surface area contributed by atoms with Crippen LogP contribution in [0.4, 0.5) is 5.13 Å². The number of carbonyl (C=O) groups is 1.